The van der Waals surface area contributed by atoms with Crippen LogP contribution in [0.1, 0.15) is 23.0 Å². The summed E-state index contributed by atoms with van der Waals surface area (Å²) in [4.78, 5) is 37.8. The number of carbonyl (C=O) groups excluding carboxylic acids is 1. The van der Waals surface area contributed by atoms with Crippen LogP contribution in [0.15, 0.2) is 60.8 Å². The van der Waals surface area contributed by atoms with Crippen molar-refractivity contribution < 1.29 is 19.2 Å². The van der Waals surface area contributed by atoms with Gasteiger partial charge in [0.15, 0.2) is 5.13 Å². The van der Waals surface area contributed by atoms with E-state index in [2.05, 4.69) is 9.97 Å². The van der Waals surface area contributed by atoms with Crippen LogP contribution in [0.5, 0.6) is 5.75 Å². The Morgan fingerprint density at radius 2 is 2.03 bits per heavy atom. The Bertz CT molecular complexity index is 1420. The van der Waals surface area contributed by atoms with Gasteiger partial charge in [-0.3, -0.25) is 24.8 Å². The van der Waals surface area contributed by atoms with Gasteiger partial charge in [0.25, 0.3) is 11.6 Å². The summed E-state index contributed by atoms with van der Waals surface area (Å²) in [5.41, 5.74) is 1.97. The maximum absolute atomic E-state index is 13.8. The van der Waals surface area contributed by atoms with Gasteiger partial charge in [-0.15, -0.1) is 0 Å². The second-order valence-corrected chi connectivity index (χ2v) is 9.34. The predicted octanol–water partition coefficient (Wildman–Crippen LogP) is 4.68. The number of hydrogen-bond donors (Lipinski definition) is 0. The molecular formula is C26H25N5O5S. The number of thiazole rings is 1. The predicted molar refractivity (Wildman–Crippen MR) is 142 cm³/mol. The van der Waals surface area contributed by atoms with Crippen molar-refractivity contribution in [3.63, 3.8) is 0 Å². The molecule has 0 saturated carbocycles. The molecule has 5 rings (SSSR count). The summed E-state index contributed by atoms with van der Waals surface area (Å²) >= 11 is 1.35. The summed E-state index contributed by atoms with van der Waals surface area (Å²) in [5.74, 6) is 0.327. The Morgan fingerprint density at radius 1 is 1.19 bits per heavy atom. The van der Waals surface area contributed by atoms with E-state index >= 15 is 0 Å². The first-order valence-electron chi connectivity index (χ1n) is 11.9. The fourth-order valence-electron chi connectivity index (χ4n) is 4.17. The molecule has 0 atom stereocenters. The van der Waals surface area contributed by atoms with E-state index in [0.717, 1.165) is 16.0 Å². The number of rotatable bonds is 8. The maximum Gasteiger partial charge on any atom is 0.293 e. The molecule has 4 aromatic rings. The fraction of sp³-hybridized carbons (Fsp3) is 0.269. The lowest BCUT2D eigenvalue weighted by molar-refractivity contribution is -0.384. The van der Waals surface area contributed by atoms with E-state index in [1.165, 1.54) is 22.3 Å². The molecule has 0 aliphatic carbocycles. The number of nitrogens with zero attached hydrogens (tertiary/aromatic N) is 5. The van der Waals surface area contributed by atoms with Gasteiger partial charge in [-0.05, 0) is 49.4 Å². The minimum Gasteiger partial charge on any atom is -0.494 e. The number of ether oxygens (including phenoxy) is 2. The highest BCUT2D eigenvalue weighted by Gasteiger charge is 2.27. The van der Waals surface area contributed by atoms with E-state index in [1.807, 2.05) is 42.2 Å². The molecule has 37 heavy (non-hydrogen) atoms. The first-order chi connectivity index (χ1) is 18.0. The number of pyridine rings is 1. The quantitative estimate of drug-likeness (QED) is 0.244. The minimum atomic E-state index is -0.447. The third-order valence-electron chi connectivity index (χ3n) is 5.95. The van der Waals surface area contributed by atoms with E-state index in [9.17, 15) is 14.9 Å². The number of aromatic nitrogens is 2. The minimum absolute atomic E-state index is 0.115. The highest BCUT2D eigenvalue weighted by atomic mass is 32.1. The third-order valence-corrected chi connectivity index (χ3v) is 6.99. The van der Waals surface area contributed by atoms with E-state index in [0.29, 0.717) is 49.4 Å². The summed E-state index contributed by atoms with van der Waals surface area (Å²) in [6, 6.07) is 15.7. The molecule has 2 aromatic heterocycles. The first kappa shape index (κ1) is 24.6. The fourth-order valence-corrected chi connectivity index (χ4v) is 5.17. The molecule has 190 valence electrons. The summed E-state index contributed by atoms with van der Waals surface area (Å²) in [6.07, 6.45) is 1.66. The van der Waals surface area contributed by atoms with Crippen LogP contribution < -0.4 is 14.5 Å². The molecule has 0 radical (unpaired) electrons. The van der Waals surface area contributed by atoms with E-state index in [-0.39, 0.29) is 17.8 Å². The van der Waals surface area contributed by atoms with Crippen LogP contribution in [0, 0.1) is 10.1 Å². The van der Waals surface area contributed by atoms with Crippen LogP contribution >= 0.6 is 11.3 Å². The molecule has 10 nitrogen and oxygen atoms in total. The molecule has 0 bridgehead atoms. The first-order valence-corrected chi connectivity index (χ1v) is 12.7. The third kappa shape index (κ3) is 5.37. The van der Waals surface area contributed by atoms with Crippen molar-refractivity contribution in [3.8, 4) is 5.75 Å². The molecular weight excluding hydrogens is 494 g/mol. The van der Waals surface area contributed by atoms with Gasteiger partial charge in [-0.1, -0.05) is 17.4 Å². The summed E-state index contributed by atoms with van der Waals surface area (Å²) < 4.78 is 11.8. The van der Waals surface area contributed by atoms with Crippen molar-refractivity contribution in [1.29, 1.82) is 0 Å². The van der Waals surface area contributed by atoms with Crippen LogP contribution in [-0.2, 0) is 11.3 Å². The Balaban J connectivity index is 1.53. The number of morpholine rings is 1. The summed E-state index contributed by atoms with van der Waals surface area (Å²) in [7, 11) is 0. The molecule has 2 aromatic carbocycles. The lowest BCUT2D eigenvalue weighted by Crippen LogP contribution is -2.36. The zero-order valence-electron chi connectivity index (χ0n) is 20.2. The topological polar surface area (TPSA) is 111 Å². The van der Waals surface area contributed by atoms with Gasteiger partial charge in [0.05, 0.1) is 47.2 Å². The van der Waals surface area contributed by atoms with Gasteiger partial charge in [0.2, 0.25) is 0 Å². The highest BCUT2D eigenvalue weighted by molar-refractivity contribution is 7.22. The van der Waals surface area contributed by atoms with Crippen LogP contribution in [0.3, 0.4) is 0 Å². The summed E-state index contributed by atoms with van der Waals surface area (Å²) in [6.45, 7) is 4.72. The second-order valence-electron chi connectivity index (χ2n) is 8.33. The number of hydrogen-bond acceptors (Lipinski definition) is 9. The van der Waals surface area contributed by atoms with E-state index < -0.39 is 10.8 Å². The average molecular weight is 520 g/mol. The molecule has 0 N–H and O–H groups in total. The number of amides is 1. The number of anilines is 2. The molecule has 1 aliphatic heterocycles. The molecule has 0 unspecified atom stereocenters. The lowest BCUT2D eigenvalue weighted by atomic mass is 10.1. The van der Waals surface area contributed by atoms with Gasteiger partial charge >= 0.3 is 0 Å². The molecule has 0 spiro atoms. The van der Waals surface area contributed by atoms with Crippen LogP contribution in [0.2, 0.25) is 0 Å². The normalized spacial score (nSPS) is 13.5. The summed E-state index contributed by atoms with van der Waals surface area (Å²) in [5, 5.41) is 12.4. The zero-order valence-corrected chi connectivity index (χ0v) is 21.0. The lowest BCUT2D eigenvalue weighted by Gasteiger charge is -2.28. The molecule has 1 aliphatic rings. The number of fused-ring (bicyclic) bond motifs is 1. The van der Waals surface area contributed by atoms with Crippen molar-refractivity contribution in [1.82, 2.24) is 9.97 Å². The second kappa shape index (κ2) is 10.9. The van der Waals surface area contributed by atoms with Crippen LogP contribution in [0.25, 0.3) is 10.2 Å². The highest BCUT2D eigenvalue weighted by Crippen LogP contribution is 2.35. The van der Waals surface area contributed by atoms with Gasteiger partial charge in [0, 0.05) is 30.9 Å². The van der Waals surface area contributed by atoms with E-state index in [1.54, 1.807) is 24.4 Å². The monoisotopic (exact) mass is 519 g/mol. The largest absolute Gasteiger partial charge is 0.494 e. The van der Waals surface area contributed by atoms with Crippen molar-refractivity contribution in [2.75, 3.05) is 42.7 Å². The van der Waals surface area contributed by atoms with Crippen molar-refractivity contribution >= 4 is 44.0 Å². The number of carbonyl (C=O) groups is 1. The Kier molecular flexibility index (Phi) is 7.24. The number of benzene rings is 2. The van der Waals surface area contributed by atoms with Gasteiger partial charge in [-0.25, -0.2) is 4.98 Å². The van der Waals surface area contributed by atoms with Gasteiger partial charge in [0.1, 0.15) is 11.4 Å². The molecule has 1 saturated heterocycles. The number of nitro benzene ring substituents is 1. The molecule has 3 heterocycles. The molecule has 11 heteroatoms. The standard InChI is InChI=1S/C26H25N5O5S/c1-2-36-20-7-8-21-24(16-20)37-26(28-21)30(17-19-5-3-4-10-27-19)25(32)18-6-9-22(23(15-18)31(33)34)29-11-13-35-14-12-29/h3-10,15-16H,2,11-14,17H2,1H3. The molecule has 1 fully saturated rings. The average Bonchev–Trinajstić information content (AvgIpc) is 3.35. The zero-order chi connectivity index (χ0) is 25.8. The smallest absolute Gasteiger partial charge is 0.293 e. The molecule has 1 amide bonds. The Hall–Kier alpha value is -4.09. The van der Waals surface area contributed by atoms with Crippen LogP contribution in [-0.4, -0.2) is 53.7 Å². The number of nitro groups is 1. The maximum atomic E-state index is 13.8. The van der Waals surface area contributed by atoms with Gasteiger partial charge < -0.3 is 14.4 Å². The van der Waals surface area contributed by atoms with E-state index in [4.69, 9.17) is 9.47 Å². The van der Waals surface area contributed by atoms with Crippen LogP contribution in [0.4, 0.5) is 16.5 Å². The van der Waals surface area contributed by atoms with Crippen molar-refractivity contribution in [3.05, 3.63) is 82.2 Å². The Morgan fingerprint density at radius 3 is 2.76 bits per heavy atom. The SMILES string of the molecule is CCOc1ccc2nc(N(Cc3ccccn3)C(=O)c3ccc(N4CCOCC4)c([N+](=O)[O-])c3)sc2c1. The Labute approximate surface area is 217 Å². The van der Waals surface area contributed by atoms with Crippen molar-refractivity contribution in [2.24, 2.45) is 0 Å². The van der Waals surface area contributed by atoms with Gasteiger partial charge in [-0.2, -0.15) is 0 Å². The van der Waals surface area contributed by atoms with Crippen molar-refractivity contribution in [2.45, 2.75) is 13.5 Å².